The minimum Gasteiger partial charge on any atom is -1.00 e. The van der Waals surface area contributed by atoms with Crippen LogP contribution in [0, 0.1) is 0 Å². The van der Waals surface area contributed by atoms with E-state index in [1.165, 1.54) is 0 Å². The van der Waals surface area contributed by atoms with E-state index in [0.717, 1.165) is 0 Å². The summed E-state index contributed by atoms with van der Waals surface area (Å²) in [6.45, 7) is 0. The van der Waals surface area contributed by atoms with Gasteiger partial charge in [0, 0.05) is 0 Å². The van der Waals surface area contributed by atoms with Crippen molar-refractivity contribution in [1.82, 2.24) is 6.15 Å². The molecular formula is H5CaClNO. The van der Waals surface area contributed by atoms with Crippen LogP contribution in [0.25, 0.3) is 0 Å². The third-order valence-electron chi connectivity index (χ3n) is 0. The standard InChI is InChI=1S/Ca.ClH.H3N.H2O/h;1H;1H3;1H2/q+1;;;/p-1. The van der Waals surface area contributed by atoms with Crippen LogP contribution < -0.4 is 18.6 Å². The van der Waals surface area contributed by atoms with Crippen LogP contribution in [0.3, 0.4) is 0 Å². The Kier molecular flexibility index (Phi) is 315. The Morgan fingerprint density at radius 1 is 1.00 bits per heavy atom. The van der Waals surface area contributed by atoms with Gasteiger partial charge in [0.15, 0.2) is 0 Å². The van der Waals surface area contributed by atoms with Gasteiger partial charge in [-0.15, -0.1) is 0 Å². The molecule has 25 valence electrons. The summed E-state index contributed by atoms with van der Waals surface area (Å²) in [6.07, 6.45) is 0. The Morgan fingerprint density at radius 3 is 1.00 bits per heavy atom. The van der Waals surface area contributed by atoms with E-state index >= 15 is 0 Å². The molecule has 0 saturated carbocycles. The van der Waals surface area contributed by atoms with E-state index in [1.807, 2.05) is 0 Å². The Balaban J connectivity index is 0. The van der Waals surface area contributed by atoms with Gasteiger partial charge in [-0.05, 0) is 0 Å². The monoisotopic (exact) mass is 110 g/mol. The summed E-state index contributed by atoms with van der Waals surface area (Å²) >= 11 is 0. The van der Waals surface area contributed by atoms with Gasteiger partial charge in [-0.25, -0.2) is 0 Å². The van der Waals surface area contributed by atoms with Crippen LogP contribution in [0.15, 0.2) is 0 Å². The maximum Gasteiger partial charge on any atom is 1.00 e. The van der Waals surface area contributed by atoms with Crippen LogP contribution in [0.5, 0.6) is 0 Å². The molecule has 0 aromatic rings. The van der Waals surface area contributed by atoms with E-state index in [0.29, 0.717) is 0 Å². The zero-order valence-corrected chi connectivity index (χ0v) is 5.26. The van der Waals surface area contributed by atoms with Gasteiger partial charge in [-0.3, -0.25) is 0 Å². The Morgan fingerprint density at radius 2 is 1.00 bits per heavy atom. The molecule has 0 aliphatic heterocycles. The summed E-state index contributed by atoms with van der Waals surface area (Å²) in [7, 11) is 0. The third kappa shape index (κ3) is 9.80. The number of hydrogen-bond donors (Lipinski definition) is 1. The van der Waals surface area contributed by atoms with Crippen molar-refractivity contribution in [1.29, 1.82) is 0 Å². The molecule has 4 heavy (non-hydrogen) atoms. The molecule has 0 atom stereocenters. The molecule has 0 aromatic carbocycles. The first-order chi connectivity index (χ1) is 0. The van der Waals surface area contributed by atoms with E-state index in [-0.39, 0.29) is 61.8 Å². The summed E-state index contributed by atoms with van der Waals surface area (Å²) < 4.78 is 0. The molecule has 5 N–H and O–H groups in total. The van der Waals surface area contributed by atoms with E-state index in [9.17, 15) is 0 Å². The molecule has 0 aliphatic rings. The molecule has 0 fully saturated rings. The van der Waals surface area contributed by atoms with Gasteiger partial charge in [0.1, 0.15) is 0 Å². The first-order valence-electron chi connectivity index (χ1n) is 0. The van der Waals surface area contributed by atoms with Crippen molar-refractivity contribution < 1.29 is 17.9 Å². The molecule has 2 nitrogen and oxygen atoms in total. The molecule has 0 spiro atoms. The Labute approximate surface area is 61.3 Å². The van der Waals surface area contributed by atoms with Gasteiger partial charge in [-0.1, -0.05) is 0 Å². The number of hydrogen-bond acceptors (Lipinski definition) is 1. The molecule has 4 heteroatoms. The van der Waals surface area contributed by atoms with Crippen LogP contribution in [0.1, 0.15) is 0 Å². The minimum absolute atomic E-state index is 0. The van der Waals surface area contributed by atoms with Gasteiger partial charge in [0.25, 0.3) is 0 Å². The summed E-state index contributed by atoms with van der Waals surface area (Å²) in [5.74, 6) is 0. The van der Waals surface area contributed by atoms with Crippen molar-refractivity contribution in [3.8, 4) is 0 Å². The second-order valence-electron chi connectivity index (χ2n) is 0. The molecule has 0 unspecified atom stereocenters. The van der Waals surface area contributed by atoms with E-state index in [2.05, 4.69) is 0 Å². The average Bonchev–Trinajstić information content (AvgIpc) is 0. The average molecular weight is 111 g/mol. The van der Waals surface area contributed by atoms with Crippen LogP contribution in [-0.2, 0) is 0 Å². The van der Waals surface area contributed by atoms with Crippen molar-refractivity contribution >= 4 is 37.7 Å². The van der Waals surface area contributed by atoms with Crippen molar-refractivity contribution in [3.63, 3.8) is 0 Å². The van der Waals surface area contributed by atoms with Crippen LogP contribution in [0.4, 0.5) is 0 Å². The van der Waals surface area contributed by atoms with E-state index < -0.39 is 0 Å². The fourth-order valence-electron chi connectivity index (χ4n) is 0. The van der Waals surface area contributed by atoms with Crippen LogP contribution in [-0.4, -0.2) is 43.2 Å². The first-order valence-corrected chi connectivity index (χ1v) is 0. The largest absolute Gasteiger partial charge is 1.00 e. The Bertz CT molecular complexity index is 8.00. The maximum absolute atomic E-state index is 0. The minimum atomic E-state index is 0. The fraction of sp³-hybridized carbons (Fsp3) is 0. The smallest absolute Gasteiger partial charge is 1.00 e. The third-order valence-corrected chi connectivity index (χ3v) is 0. The first kappa shape index (κ1) is 50.6. The topological polar surface area (TPSA) is 66.5 Å². The summed E-state index contributed by atoms with van der Waals surface area (Å²) in [5.41, 5.74) is 0. The van der Waals surface area contributed by atoms with Crippen LogP contribution >= 0.6 is 0 Å². The Hall–Kier alpha value is 1.47. The number of halogens is 1. The van der Waals surface area contributed by atoms with Crippen molar-refractivity contribution in [2.75, 3.05) is 0 Å². The van der Waals surface area contributed by atoms with Gasteiger partial charge < -0.3 is 24.0 Å². The SMILES string of the molecule is N.O.[Ca+].[Cl-]. The molecule has 0 saturated heterocycles. The van der Waals surface area contributed by atoms with Gasteiger partial charge in [0.2, 0.25) is 0 Å². The number of rotatable bonds is 0. The molecule has 0 heterocycles. The van der Waals surface area contributed by atoms with Crippen molar-refractivity contribution in [2.24, 2.45) is 0 Å². The molecule has 0 amide bonds. The molecular weight excluding hydrogens is 106 g/mol. The predicted octanol–water partition coefficient (Wildman–Crippen LogP) is -4.04. The van der Waals surface area contributed by atoms with E-state index in [4.69, 9.17) is 0 Å². The zero-order chi connectivity index (χ0) is 0. The summed E-state index contributed by atoms with van der Waals surface area (Å²) in [5, 5.41) is 0. The second kappa shape index (κ2) is 24.9. The van der Waals surface area contributed by atoms with Crippen LogP contribution in [0.2, 0.25) is 0 Å². The fourth-order valence-corrected chi connectivity index (χ4v) is 0. The summed E-state index contributed by atoms with van der Waals surface area (Å²) in [6, 6.07) is 0. The zero-order valence-electron chi connectivity index (χ0n) is 2.29. The predicted molar refractivity (Wildman–Crippen MR) is 14.4 cm³/mol. The van der Waals surface area contributed by atoms with E-state index in [1.54, 1.807) is 0 Å². The molecule has 0 bridgehead atoms. The maximum atomic E-state index is 0. The second-order valence-corrected chi connectivity index (χ2v) is 0. The molecule has 1 radical (unpaired) electrons. The van der Waals surface area contributed by atoms with Gasteiger partial charge >= 0.3 is 37.7 Å². The molecule has 0 aromatic heterocycles. The van der Waals surface area contributed by atoms with Gasteiger partial charge in [0.05, 0.1) is 0 Å². The van der Waals surface area contributed by atoms with Crippen molar-refractivity contribution in [2.45, 2.75) is 0 Å². The molecule has 0 aliphatic carbocycles. The normalized spacial score (nSPS) is 0. The quantitative estimate of drug-likeness (QED) is 0.317. The molecule has 0 rings (SSSR count). The summed E-state index contributed by atoms with van der Waals surface area (Å²) in [4.78, 5) is 0. The van der Waals surface area contributed by atoms with Gasteiger partial charge in [-0.2, -0.15) is 0 Å². The van der Waals surface area contributed by atoms with Crippen molar-refractivity contribution in [3.05, 3.63) is 0 Å².